The van der Waals surface area contributed by atoms with E-state index in [1.54, 1.807) is 0 Å². The van der Waals surface area contributed by atoms with Gasteiger partial charge in [-0.05, 0) is 6.20 Å². The van der Waals surface area contributed by atoms with Gasteiger partial charge < -0.3 is 0 Å². The van der Waals surface area contributed by atoms with E-state index in [2.05, 4.69) is 47.6 Å². The Bertz CT molecular complexity index is 837. The molecule has 0 aliphatic rings. The van der Waals surface area contributed by atoms with Gasteiger partial charge in [-0.1, -0.05) is 11.6 Å². The van der Waals surface area contributed by atoms with Crippen LogP contribution in [0.4, 0.5) is 0 Å². The topological polar surface area (TPSA) is 17.8 Å². The minimum Gasteiger partial charge on any atom is -0.290 e. The van der Waals surface area contributed by atoms with Crippen LogP contribution in [-0.2, 0) is 40.7 Å². The van der Waals surface area contributed by atoms with Crippen molar-refractivity contribution in [2.24, 2.45) is 0 Å². The number of rotatable bonds is 3. The summed E-state index contributed by atoms with van der Waals surface area (Å²) in [5.41, 5.74) is 3.51. The summed E-state index contributed by atoms with van der Waals surface area (Å²) in [5.74, 6) is 0. The summed E-state index contributed by atoms with van der Waals surface area (Å²) in [6.45, 7) is 0.841. The Kier molecular flexibility index (Phi) is 11.6. The molecule has 1 heterocycles. The molecule has 0 aliphatic heterocycles. The molecule has 1 aromatic heterocycles. The quantitative estimate of drug-likeness (QED) is 0.250. The van der Waals surface area contributed by atoms with E-state index in [4.69, 9.17) is 0 Å². The van der Waals surface area contributed by atoms with E-state index in [0.717, 1.165) is 12.2 Å². The van der Waals surface area contributed by atoms with Gasteiger partial charge in [-0.25, -0.2) is 36.4 Å². The van der Waals surface area contributed by atoms with Crippen molar-refractivity contribution in [2.45, 2.75) is 6.54 Å². The van der Waals surface area contributed by atoms with Gasteiger partial charge in [0.15, 0.2) is 0 Å². The van der Waals surface area contributed by atoms with Crippen molar-refractivity contribution in [1.82, 2.24) is 9.78 Å². The molecule has 144 valence electrons. The van der Waals surface area contributed by atoms with E-state index in [0.29, 0.717) is 0 Å². The van der Waals surface area contributed by atoms with E-state index in [-0.39, 0.29) is 34.1 Å². The third kappa shape index (κ3) is 8.12. The van der Waals surface area contributed by atoms with E-state index in [9.17, 15) is 0 Å². The Balaban J connectivity index is 0.000000271. The first-order chi connectivity index (χ1) is 12.9. The minimum absolute atomic E-state index is 0. The van der Waals surface area contributed by atoms with Gasteiger partial charge in [0, 0.05) is 12.2 Å². The van der Waals surface area contributed by atoms with Crippen molar-refractivity contribution < 1.29 is 34.1 Å². The average Bonchev–Trinajstić information content (AvgIpc) is 3.53. The minimum atomic E-state index is 0. The smallest absolute Gasteiger partial charge is 0.290 e. The molecule has 0 bridgehead atoms. The van der Waals surface area contributed by atoms with E-state index < -0.39 is 0 Å². The second kappa shape index (κ2) is 13.8. The maximum absolute atomic E-state index is 4.54. The van der Waals surface area contributed by atoms with Crippen molar-refractivity contribution in [3.63, 3.8) is 0 Å². The molecule has 5 rings (SSSR count). The first kappa shape index (κ1) is 23.7. The summed E-state index contributed by atoms with van der Waals surface area (Å²) in [4.78, 5) is 0. The molecule has 2 nitrogen and oxygen atoms in total. The van der Waals surface area contributed by atoms with Crippen LogP contribution in [0.15, 0.2) is 121 Å². The van der Waals surface area contributed by atoms with Crippen molar-refractivity contribution in [3.8, 4) is 11.3 Å². The van der Waals surface area contributed by atoms with Crippen molar-refractivity contribution in [1.29, 1.82) is 0 Å². The van der Waals surface area contributed by atoms with Gasteiger partial charge in [0.1, 0.15) is 0 Å². The maximum Gasteiger partial charge on any atom is 2.00 e. The second-order valence-corrected chi connectivity index (χ2v) is 5.79. The van der Waals surface area contributed by atoms with Crippen LogP contribution >= 0.6 is 0 Å². The Morgan fingerprint density at radius 2 is 1.21 bits per heavy atom. The molecule has 0 spiro atoms. The zero-order chi connectivity index (χ0) is 17.9. The van der Waals surface area contributed by atoms with E-state index >= 15 is 0 Å². The Morgan fingerprint density at radius 1 is 0.714 bits per heavy atom. The van der Waals surface area contributed by atoms with Gasteiger partial charge in [-0.2, -0.15) is 65.8 Å². The predicted octanol–water partition coefficient (Wildman–Crippen LogP) is 5.84. The summed E-state index contributed by atoms with van der Waals surface area (Å²) in [6.07, 6.45) is 2.02. The first-order valence-corrected chi connectivity index (χ1v) is 8.71. The third-order valence-electron chi connectivity index (χ3n) is 3.79. The van der Waals surface area contributed by atoms with Crippen LogP contribution in [0.1, 0.15) is 5.56 Å². The second-order valence-electron chi connectivity index (χ2n) is 5.79. The number of nitrogens with zero attached hydrogens (tertiary/aromatic N) is 2. The zero-order valence-corrected chi connectivity index (χ0v) is 17.6. The summed E-state index contributed by atoms with van der Waals surface area (Å²) in [7, 11) is 0. The molecular formula is C24H22Fe2N2. The molecule has 0 fully saturated rings. The van der Waals surface area contributed by atoms with Crippen LogP contribution < -0.4 is 0 Å². The summed E-state index contributed by atoms with van der Waals surface area (Å²) in [6, 6.07) is 38.6. The largest absolute Gasteiger partial charge is 2.00 e. The number of aromatic nitrogens is 2. The van der Waals surface area contributed by atoms with Gasteiger partial charge in [-0.3, -0.25) is 4.68 Å². The standard InChI is InChI=1S/C14H12N2.2C5H5.2Fe/c1-2-6-12(5-1)11-16-10-9-14(15-16)13-7-3-4-8-13;2*1-2-4-5-3-1;;/h1-10H,11H2;2*1-5H;;/q-2;2*-1;2*+2. The molecule has 0 atom stereocenters. The maximum atomic E-state index is 4.54. The predicted molar refractivity (Wildman–Crippen MR) is 108 cm³/mol. The van der Waals surface area contributed by atoms with Gasteiger partial charge >= 0.3 is 34.1 Å². The fraction of sp³-hybridized carbons (Fsp3) is 0.0417. The van der Waals surface area contributed by atoms with E-state index in [1.807, 2.05) is 83.7 Å². The molecule has 0 saturated carbocycles. The third-order valence-corrected chi connectivity index (χ3v) is 3.79. The monoisotopic (exact) mass is 450 g/mol. The summed E-state index contributed by atoms with van der Waals surface area (Å²) in [5, 5.41) is 4.54. The van der Waals surface area contributed by atoms with Crippen LogP contribution in [0.2, 0.25) is 0 Å². The molecule has 4 aromatic carbocycles. The van der Waals surface area contributed by atoms with Crippen LogP contribution in [0.25, 0.3) is 11.3 Å². The normalized spacial score (nSPS) is 9.00. The molecular weight excluding hydrogens is 428 g/mol. The molecule has 0 radical (unpaired) electrons. The van der Waals surface area contributed by atoms with Crippen LogP contribution in [0, 0.1) is 0 Å². The van der Waals surface area contributed by atoms with Gasteiger partial charge in [0.2, 0.25) is 0 Å². The van der Waals surface area contributed by atoms with Crippen LogP contribution in [0.3, 0.4) is 0 Å². The zero-order valence-electron chi connectivity index (χ0n) is 15.4. The van der Waals surface area contributed by atoms with Crippen molar-refractivity contribution in [2.75, 3.05) is 0 Å². The molecule has 0 N–H and O–H groups in total. The number of hydrogen-bond donors (Lipinski definition) is 0. The van der Waals surface area contributed by atoms with E-state index in [1.165, 1.54) is 11.1 Å². The molecule has 0 saturated heterocycles. The van der Waals surface area contributed by atoms with Crippen molar-refractivity contribution in [3.05, 3.63) is 127 Å². The average molecular weight is 450 g/mol. The molecule has 5 aromatic rings. The Hall–Kier alpha value is -2.35. The fourth-order valence-corrected chi connectivity index (χ4v) is 2.50. The van der Waals surface area contributed by atoms with Gasteiger partial charge in [-0.15, -0.1) is 17.7 Å². The van der Waals surface area contributed by atoms with Gasteiger partial charge in [0.25, 0.3) is 0 Å². The molecule has 0 aliphatic carbocycles. The molecule has 0 unspecified atom stereocenters. The molecule has 4 heteroatoms. The SMILES string of the molecule is [Fe+2].[Fe+2].c1cc[c-](Cn2ccc(-[c-]3cccc3)n2)c1.c1cc[cH-]c1.c1cc[cH-]c1. The fourth-order valence-electron chi connectivity index (χ4n) is 2.50. The molecule has 0 amide bonds. The number of hydrogen-bond acceptors (Lipinski definition) is 1. The van der Waals surface area contributed by atoms with Crippen LogP contribution in [-0.4, -0.2) is 9.78 Å². The summed E-state index contributed by atoms with van der Waals surface area (Å²) >= 11 is 0. The summed E-state index contributed by atoms with van der Waals surface area (Å²) < 4.78 is 1.97. The Labute approximate surface area is 188 Å². The van der Waals surface area contributed by atoms with Crippen LogP contribution in [0.5, 0.6) is 0 Å². The molecule has 28 heavy (non-hydrogen) atoms. The first-order valence-electron chi connectivity index (χ1n) is 8.71. The van der Waals surface area contributed by atoms with Gasteiger partial charge in [0.05, 0.1) is 0 Å². The Morgan fingerprint density at radius 3 is 1.68 bits per heavy atom. The van der Waals surface area contributed by atoms with Crippen molar-refractivity contribution >= 4 is 0 Å².